The lowest BCUT2D eigenvalue weighted by Gasteiger charge is -2.10. The Kier molecular flexibility index (Phi) is 6.57. The van der Waals surface area contributed by atoms with E-state index in [1.165, 1.54) is 11.8 Å². The van der Waals surface area contributed by atoms with Crippen LogP contribution in [0.15, 0.2) is 28.7 Å². The first-order valence-corrected chi connectivity index (χ1v) is 9.88. The molecule has 1 fully saturated rings. The molecule has 7 heteroatoms. The van der Waals surface area contributed by atoms with Crippen molar-refractivity contribution in [1.29, 1.82) is 0 Å². The number of ether oxygens (including phenoxy) is 2. The number of carbonyl (C=O) groups is 1. The predicted octanol–water partition coefficient (Wildman–Crippen LogP) is 3.19. The smallest absolute Gasteiger partial charge is 0.230 e. The molecule has 140 valence electrons. The second-order valence-corrected chi connectivity index (χ2v) is 7.17. The summed E-state index contributed by atoms with van der Waals surface area (Å²) >= 11 is 1.53. The summed E-state index contributed by atoms with van der Waals surface area (Å²) in [7, 11) is 1.64. The number of carbonyl (C=O) groups excluding carboxylic acids is 1. The zero-order chi connectivity index (χ0) is 18.4. The number of nitrogens with one attached hydrogen (secondary N) is 1. The van der Waals surface area contributed by atoms with Crippen LogP contribution in [0.5, 0.6) is 5.75 Å². The Morgan fingerprint density at radius 3 is 2.88 bits per heavy atom. The van der Waals surface area contributed by atoms with Crippen LogP contribution in [-0.4, -0.2) is 43.0 Å². The average Bonchev–Trinajstić information content (AvgIpc) is 3.30. The molecule has 26 heavy (non-hydrogen) atoms. The number of methoxy groups -OCH3 is 1. The fourth-order valence-electron chi connectivity index (χ4n) is 2.74. The normalized spacial score (nSPS) is 16.6. The maximum atomic E-state index is 11.9. The van der Waals surface area contributed by atoms with Gasteiger partial charge in [-0.15, -0.1) is 11.8 Å². The third kappa shape index (κ3) is 5.02. The van der Waals surface area contributed by atoms with Gasteiger partial charge in [0.1, 0.15) is 11.5 Å². The summed E-state index contributed by atoms with van der Waals surface area (Å²) in [5.41, 5.74) is 1.77. The van der Waals surface area contributed by atoms with Gasteiger partial charge in [0, 0.05) is 24.5 Å². The molecule has 3 rings (SSSR count). The first-order valence-electron chi connectivity index (χ1n) is 8.72. The van der Waals surface area contributed by atoms with E-state index < -0.39 is 0 Å². The van der Waals surface area contributed by atoms with E-state index >= 15 is 0 Å². The molecule has 1 aromatic heterocycles. The minimum Gasteiger partial charge on any atom is -0.497 e. The lowest BCUT2D eigenvalue weighted by atomic mass is 10.2. The fraction of sp³-hybridized carbons (Fsp3) is 0.474. The fourth-order valence-corrected chi connectivity index (χ4v) is 3.59. The second kappa shape index (κ2) is 9.09. The van der Waals surface area contributed by atoms with Crippen LogP contribution in [0.2, 0.25) is 0 Å². The molecule has 0 aliphatic carbocycles. The van der Waals surface area contributed by atoms with E-state index in [1.54, 1.807) is 7.11 Å². The van der Waals surface area contributed by atoms with E-state index in [-0.39, 0.29) is 12.0 Å². The van der Waals surface area contributed by atoms with E-state index in [0.29, 0.717) is 23.9 Å². The molecule has 1 aliphatic rings. The zero-order valence-corrected chi connectivity index (χ0v) is 15.9. The maximum Gasteiger partial charge on any atom is 0.230 e. The van der Waals surface area contributed by atoms with E-state index in [4.69, 9.17) is 13.9 Å². The van der Waals surface area contributed by atoms with Crippen molar-refractivity contribution in [3.8, 4) is 17.2 Å². The summed E-state index contributed by atoms with van der Waals surface area (Å²) in [6.45, 7) is 3.30. The molecule has 2 aromatic rings. The highest BCUT2D eigenvalue weighted by Gasteiger charge is 2.16. The molecule has 0 saturated carbocycles. The summed E-state index contributed by atoms with van der Waals surface area (Å²) in [4.78, 5) is 16.5. The highest BCUT2D eigenvalue weighted by atomic mass is 32.2. The molecule has 0 spiro atoms. The maximum absolute atomic E-state index is 11.9. The van der Waals surface area contributed by atoms with Gasteiger partial charge in [0.15, 0.2) is 0 Å². The summed E-state index contributed by atoms with van der Waals surface area (Å²) in [5.74, 6) is 3.23. The van der Waals surface area contributed by atoms with Crippen molar-refractivity contribution in [3.05, 3.63) is 35.7 Å². The van der Waals surface area contributed by atoms with Crippen LogP contribution >= 0.6 is 11.8 Å². The molecule has 0 bridgehead atoms. The van der Waals surface area contributed by atoms with Gasteiger partial charge in [0.05, 0.1) is 24.7 Å². The molecule has 0 radical (unpaired) electrons. The number of thioether (sulfide) groups is 1. The summed E-state index contributed by atoms with van der Waals surface area (Å²) in [5, 5.41) is 2.93. The van der Waals surface area contributed by atoms with Crippen LogP contribution in [-0.2, 0) is 15.3 Å². The number of aromatic nitrogens is 1. The van der Waals surface area contributed by atoms with Crippen LogP contribution in [0.3, 0.4) is 0 Å². The lowest BCUT2D eigenvalue weighted by molar-refractivity contribution is -0.119. The summed E-state index contributed by atoms with van der Waals surface area (Å²) in [6, 6.07) is 7.59. The van der Waals surface area contributed by atoms with Gasteiger partial charge in [0.2, 0.25) is 11.8 Å². The molecule has 1 N–H and O–H groups in total. The molecule has 1 unspecified atom stereocenters. The number of rotatable bonds is 8. The second-order valence-electron chi connectivity index (χ2n) is 6.18. The van der Waals surface area contributed by atoms with Gasteiger partial charge in [-0.25, -0.2) is 4.98 Å². The minimum absolute atomic E-state index is 0.0297. The molecule has 6 nitrogen and oxygen atoms in total. The topological polar surface area (TPSA) is 73.6 Å². The molecule has 1 amide bonds. The largest absolute Gasteiger partial charge is 0.497 e. The molecule has 1 atom stereocenters. The van der Waals surface area contributed by atoms with Crippen LogP contribution in [0.1, 0.15) is 24.3 Å². The number of oxazole rings is 1. The van der Waals surface area contributed by atoms with Crippen LogP contribution < -0.4 is 10.1 Å². The standard InChI is InChI=1S/C19H24N2O4S/c1-13-17(11-26-12-18(22)20-10-16-4-3-9-24-16)21-19(25-13)14-5-7-15(23-2)8-6-14/h5-8,16H,3-4,9-12H2,1-2H3,(H,20,22). The van der Waals surface area contributed by atoms with Gasteiger partial charge in [-0.1, -0.05) is 0 Å². The highest BCUT2D eigenvalue weighted by Crippen LogP contribution is 2.25. The van der Waals surface area contributed by atoms with Crippen LogP contribution in [0, 0.1) is 6.92 Å². The summed E-state index contributed by atoms with van der Waals surface area (Å²) < 4.78 is 16.4. The van der Waals surface area contributed by atoms with Crippen molar-refractivity contribution < 1.29 is 18.7 Å². The van der Waals surface area contributed by atoms with E-state index in [1.807, 2.05) is 31.2 Å². The molecule has 2 heterocycles. The van der Waals surface area contributed by atoms with E-state index in [9.17, 15) is 4.79 Å². The third-order valence-electron chi connectivity index (χ3n) is 4.25. The van der Waals surface area contributed by atoms with Gasteiger partial charge < -0.3 is 19.2 Å². The van der Waals surface area contributed by atoms with Crippen molar-refractivity contribution in [2.75, 3.05) is 26.0 Å². The van der Waals surface area contributed by atoms with Gasteiger partial charge >= 0.3 is 0 Å². The SMILES string of the molecule is COc1ccc(-c2nc(CSCC(=O)NCC3CCCO3)c(C)o2)cc1. The number of hydrogen-bond acceptors (Lipinski definition) is 6. The van der Waals surface area contributed by atoms with Gasteiger partial charge in [0.25, 0.3) is 0 Å². The lowest BCUT2D eigenvalue weighted by Crippen LogP contribution is -2.32. The number of aryl methyl sites for hydroxylation is 1. The zero-order valence-electron chi connectivity index (χ0n) is 15.1. The van der Waals surface area contributed by atoms with Crippen LogP contribution in [0.4, 0.5) is 0 Å². The Balaban J connectivity index is 1.47. The van der Waals surface area contributed by atoms with E-state index in [0.717, 1.165) is 42.2 Å². The van der Waals surface area contributed by atoms with E-state index in [2.05, 4.69) is 10.3 Å². The number of amides is 1. The highest BCUT2D eigenvalue weighted by molar-refractivity contribution is 7.99. The summed E-state index contributed by atoms with van der Waals surface area (Å²) in [6.07, 6.45) is 2.28. The third-order valence-corrected chi connectivity index (χ3v) is 5.20. The number of benzene rings is 1. The molecule has 1 aliphatic heterocycles. The quantitative estimate of drug-likeness (QED) is 0.763. The Labute approximate surface area is 157 Å². The molecular formula is C19H24N2O4S. The molecular weight excluding hydrogens is 352 g/mol. The monoisotopic (exact) mass is 376 g/mol. The average molecular weight is 376 g/mol. The van der Waals surface area contributed by atoms with Crippen molar-refractivity contribution in [3.63, 3.8) is 0 Å². The van der Waals surface area contributed by atoms with Crippen molar-refractivity contribution >= 4 is 17.7 Å². The predicted molar refractivity (Wildman–Crippen MR) is 101 cm³/mol. The van der Waals surface area contributed by atoms with Crippen molar-refractivity contribution in [2.45, 2.75) is 31.6 Å². The number of nitrogens with zero attached hydrogens (tertiary/aromatic N) is 1. The molecule has 1 aromatic carbocycles. The van der Waals surface area contributed by atoms with Gasteiger partial charge in [-0.05, 0) is 44.0 Å². The Bertz CT molecular complexity index is 724. The van der Waals surface area contributed by atoms with Crippen molar-refractivity contribution in [1.82, 2.24) is 10.3 Å². The molecule has 1 saturated heterocycles. The Morgan fingerprint density at radius 1 is 1.38 bits per heavy atom. The van der Waals surface area contributed by atoms with Crippen molar-refractivity contribution in [2.24, 2.45) is 0 Å². The Morgan fingerprint density at radius 2 is 2.19 bits per heavy atom. The van der Waals surface area contributed by atoms with Crippen LogP contribution in [0.25, 0.3) is 11.5 Å². The van der Waals surface area contributed by atoms with Gasteiger partial charge in [-0.2, -0.15) is 0 Å². The number of hydrogen-bond donors (Lipinski definition) is 1. The minimum atomic E-state index is 0.0297. The first-order chi connectivity index (χ1) is 12.7. The first kappa shape index (κ1) is 18.8. The van der Waals surface area contributed by atoms with Gasteiger partial charge in [-0.3, -0.25) is 4.79 Å². The Hall–Kier alpha value is -1.99.